The normalized spacial score (nSPS) is 18.7. The number of benzene rings is 1. The number of carbonyl (C=O) groups excluding carboxylic acids is 1. The van der Waals surface area contributed by atoms with Gasteiger partial charge in [-0.15, -0.1) is 0 Å². The topological polar surface area (TPSA) is 49.8 Å². The monoisotopic (exact) mass is 311 g/mol. The number of esters is 1. The molecule has 0 fully saturated rings. The maximum absolute atomic E-state index is 11.7. The molecule has 0 bridgehead atoms. The van der Waals surface area contributed by atoms with Crippen molar-refractivity contribution in [3.05, 3.63) is 39.5 Å². The summed E-state index contributed by atoms with van der Waals surface area (Å²) in [5.74, 6) is -0.502. The molecule has 4 nitrogen and oxygen atoms in total. The fourth-order valence-corrected chi connectivity index (χ4v) is 2.51. The molecule has 1 aliphatic heterocycles. The van der Waals surface area contributed by atoms with Gasteiger partial charge in [-0.3, -0.25) is 0 Å². The van der Waals surface area contributed by atoms with E-state index >= 15 is 0 Å². The van der Waals surface area contributed by atoms with Gasteiger partial charge in [-0.25, -0.2) is 4.79 Å². The average Bonchev–Trinajstić information content (AvgIpc) is 2.36. The molecular weight excluding hydrogens is 298 g/mol. The first-order chi connectivity index (χ1) is 8.47. The highest BCUT2D eigenvalue weighted by Gasteiger charge is 2.32. The number of aliphatic hydroxyl groups is 1. The van der Waals surface area contributed by atoms with E-state index < -0.39 is 12.1 Å². The fraction of sp³-hybridized carbons (Fsp3) is 0.308. The molecule has 2 rings (SSSR count). The van der Waals surface area contributed by atoms with Gasteiger partial charge in [0.15, 0.2) is 0 Å². The van der Waals surface area contributed by atoms with Gasteiger partial charge in [-0.05, 0) is 25.1 Å². The number of nitrogens with zero attached hydrogens (tertiary/aromatic N) is 1. The lowest BCUT2D eigenvalue weighted by atomic mass is 9.93. The molecule has 96 valence electrons. The molecule has 1 aliphatic rings. The molecule has 1 atom stereocenters. The van der Waals surface area contributed by atoms with Crippen LogP contribution >= 0.6 is 15.9 Å². The Morgan fingerprint density at radius 2 is 2.17 bits per heavy atom. The van der Waals surface area contributed by atoms with Crippen LogP contribution in [0.4, 0.5) is 5.69 Å². The number of methoxy groups -OCH3 is 1. The van der Waals surface area contributed by atoms with E-state index in [1.54, 1.807) is 6.92 Å². The first-order valence-corrected chi connectivity index (χ1v) is 6.27. The molecule has 0 saturated heterocycles. The molecule has 1 aromatic rings. The lowest BCUT2D eigenvalue weighted by molar-refractivity contribution is -0.137. The van der Waals surface area contributed by atoms with Crippen LogP contribution in [-0.4, -0.2) is 25.2 Å². The van der Waals surface area contributed by atoms with Gasteiger partial charge in [0.25, 0.3) is 0 Å². The quantitative estimate of drug-likeness (QED) is 0.809. The summed E-state index contributed by atoms with van der Waals surface area (Å²) in [6, 6.07) is 5.62. The van der Waals surface area contributed by atoms with E-state index in [4.69, 9.17) is 4.74 Å². The summed E-state index contributed by atoms with van der Waals surface area (Å²) in [7, 11) is 3.17. The third-order valence-corrected chi connectivity index (χ3v) is 3.71. The molecule has 1 N–H and O–H groups in total. The van der Waals surface area contributed by atoms with Crippen LogP contribution in [0.1, 0.15) is 18.6 Å². The number of hydrogen-bond donors (Lipinski definition) is 1. The number of hydrogen-bond acceptors (Lipinski definition) is 4. The number of fused-ring (bicyclic) bond motifs is 1. The minimum atomic E-state index is -0.957. The van der Waals surface area contributed by atoms with E-state index in [0.29, 0.717) is 11.3 Å². The summed E-state index contributed by atoms with van der Waals surface area (Å²) in [5, 5.41) is 10.3. The molecule has 0 saturated carbocycles. The highest BCUT2D eigenvalue weighted by molar-refractivity contribution is 9.10. The van der Waals surface area contributed by atoms with Crippen molar-refractivity contribution in [3.63, 3.8) is 0 Å². The van der Waals surface area contributed by atoms with E-state index in [1.807, 2.05) is 30.1 Å². The lowest BCUT2D eigenvalue weighted by Crippen LogP contribution is -2.29. The molecule has 0 radical (unpaired) electrons. The molecule has 0 aromatic heterocycles. The molecule has 1 aromatic carbocycles. The smallest absolute Gasteiger partial charge is 0.338 e. The zero-order valence-electron chi connectivity index (χ0n) is 10.4. The zero-order chi connectivity index (χ0) is 13.4. The highest BCUT2D eigenvalue weighted by Crippen LogP contribution is 2.40. The van der Waals surface area contributed by atoms with E-state index in [0.717, 1.165) is 10.2 Å². The van der Waals surface area contributed by atoms with Crippen molar-refractivity contribution in [2.45, 2.75) is 13.0 Å². The van der Waals surface area contributed by atoms with Gasteiger partial charge in [0.2, 0.25) is 0 Å². The number of aliphatic hydroxyl groups excluding tert-OH is 1. The number of halogens is 1. The maximum atomic E-state index is 11.7. The molecular formula is C13H14BrNO3. The number of rotatable bonds is 1. The average molecular weight is 312 g/mol. The summed E-state index contributed by atoms with van der Waals surface area (Å²) in [4.78, 5) is 13.6. The van der Waals surface area contributed by atoms with Crippen LogP contribution in [0.3, 0.4) is 0 Å². The van der Waals surface area contributed by atoms with Gasteiger partial charge >= 0.3 is 5.97 Å². The number of ether oxygens (including phenoxy) is 1. The minimum absolute atomic E-state index is 0.283. The van der Waals surface area contributed by atoms with Crippen LogP contribution in [-0.2, 0) is 9.53 Å². The number of carbonyl (C=O) groups is 1. The second-order valence-electron chi connectivity index (χ2n) is 4.16. The Morgan fingerprint density at radius 1 is 1.50 bits per heavy atom. The van der Waals surface area contributed by atoms with Gasteiger partial charge in [0.05, 0.1) is 12.7 Å². The van der Waals surface area contributed by atoms with Crippen LogP contribution in [0, 0.1) is 0 Å². The van der Waals surface area contributed by atoms with Gasteiger partial charge in [-0.2, -0.15) is 0 Å². The third kappa shape index (κ3) is 1.93. The number of allylic oxidation sites excluding steroid dienone is 1. The van der Waals surface area contributed by atoms with E-state index in [2.05, 4.69) is 15.9 Å². The van der Waals surface area contributed by atoms with Crippen LogP contribution in [0.2, 0.25) is 0 Å². The predicted molar refractivity (Wildman–Crippen MR) is 72.2 cm³/mol. The van der Waals surface area contributed by atoms with Crippen molar-refractivity contribution in [1.29, 1.82) is 0 Å². The standard InChI is InChI=1S/C13H14BrNO3/c1-7-11(13(17)18-3)12(16)9-6-8(14)4-5-10(9)15(7)2/h4-6,12,16H,1-3H3. The zero-order valence-corrected chi connectivity index (χ0v) is 12.0. The van der Waals surface area contributed by atoms with Crippen molar-refractivity contribution >= 4 is 27.6 Å². The Labute approximate surface area is 114 Å². The van der Waals surface area contributed by atoms with Gasteiger partial charge in [-0.1, -0.05) is 15.9 Å². The number of anilines is 1. The van der Waals surface area contributed by atoms with Crippen LogP contribution in [0.5, 0.6) is 0 Å². The van der Waals surface area contributed by atoms with E-state index in [-0.39, 0.29) is 5.57 Å². The molecule has 0 aliphatic carbocycles. The van der Waals surface area contributed by atoms with Gasteiger partial charge < -0.3 is 14.7 Å². The van der Waals surface area contributed by atoms with Gasteiger partial charge in [0, 0.05) is 28.5 Å². The molecule has 5 heteroatoms. The lowest BCUT2D eigenvalue weighted by Gasteiger charge is -2.33. The SMILES string of the molecule is COC(=O)C1=C(C)N(C)c2ccc(Br)cc2C1O. The minimum Gasteiger partial charge on any atom is -0.466 e. The Balaban J connectivity index is 2.60. The Kier molecular flexibility index (Phi) is 3.45. The fourth-order valence-electron chi connectivity index (χ4n) is 2.13. The first kappa shape index (κ1) is 13.1. The maximum Gasteiger partial charge on any atom is 0.338 e. The van der Waals surface area contributed by atoms with Crippen LogP contribution in [0.15, 0.2) is 33.9 Å². The summed E-state index contributed by atoms with van der Waals surface area (Å²) in [5.41, 5.74) is 2.56. The molecule has 18 heavy (non-hydrogen) atoms. The van der Waals surface area contributed by atoms with Crippen molar-refractivity contribution < 1.29 is 14.6 Å². The first-order valence-electron chi connectivity index (χ1n) is 5.47. The Hall–Kier alpha value is -1.33. The Morgan fingerprint density at radius 3 is 2.78 bits per heavy atom. The highest BCUT2D eigenvalue weighted by atomic mass is 79.9. The van der Waals surface area contributed by atoms with Crippen LogP contribution in [0.25, 0.3) is 0 Å². The van der Waals surface area contributed by atoms with Crippen LogP contribution < -0.4 is 4.90 Å². The second kappa shape index (κ2) is 4.74. The van der Waals surface area contributed by atoms with Crippen molar-refractivity contribution in [3.8, 4) is 0 Å². The molecule has 1 heterocycles. The summed E-state index contributed by atoms with van der Waals surface area (Å²) in [6.45, 7) is 1.79. The second-order valence-corrected chi connectivity index (χ2v) is 5.07. The van der Waals surface area contributed by atoms with E-state index in [9.17, 15) is 9.90 Å². The largest absolute Gasteiger partial charge is 0.466 e. The van der Waals surface area contributed by atoms with E-state index in [1.165, 1.54) is 7.11 Å². The molecule has 1 unspecified atom stereocenters. The van der Waals surface area contributed by atoms with Gasteiger partial charge in [0.1, 0.15) is 6.10 Å². The predicted octanol–water partition coefficient (Wildman–Crippen LogP) is 2.38. The molecule has 0 spiro atoms. The Bertz CT molecular complexity index is 539. The van der Waals surface area contributed by atoms with Crippen molar-refractivity contribution in [2.75, 3.05) is 19.1 Å². The summed E-state index contributed by atoms with van der Waals surface area (Å²) < 4.78 is 5.59. The van der Waals surface area contributed by atoms with Crippen molar-refractivity contribution in [2.24, 2.45) is 0 Å². The summed E-state index contributed by atoms with van der Waals surface area (Å²) >= 11 is 3.37. The van der Waals surface area contributed by atoms with Crippen molar-refractivity contribution in [1.82, 2.24) is 0 Å². The summed E-state index contributed by atoms with van der Waals surface area (Å²) in [6.07, 6.45) is -0.957. The third-order valence-electron chi connectivity index (χ3n) is 3.22. The molecule has 0 amide bonds.